The first-order valence-corrected chi connectivity index (χ1v) is 6.31. The maximum atomic E-state index is 2.66. The molecule has 14 heavy (non-hydrogen) atoms. The SMILES string of the molecule is CC1=CCCN1C1CCCCCCC1. The first kappa shape index (κ1) is 10.1. The highest BCUT2D eigenvalue weighted by Crippen LogP contribution is 2.26. The minimum atomic E-state index is 0.869. The van der Waals surface area contributed by atoms with Gasteiger partial charge in [-0.25, -0.2) is 0 Å². The molecule has 1 fully saturated rings. The third-order valence-corrected chi connectivity index (χ3v) is 3.78. The van der Waals surface area contributed by atoms with Gasteiger partial charge in [-0.2, -0.15) is 0 Å². The smallest absolute Gasteiger partial charge is 0.0286 e. The summed E-state index contributed by atoms with van der Waals surface area (Å²) in [7, 11) is 0. The van der Waals surface area contributed by atoms with E-state index in [-0.39, 0.29) is 0 Å². The van der Waals surface area contributed by atoms with Crippen molar-refractivity contribution in [2.24, 2.45) is 0 Å². The lowest BCUT2D eigenvalue weighted by Crippen LogP contribution is -2.32. The molecular weight excluding hydrogens is 170 g/mol. The van der Waals surface area contributed by atoms with E-state index in [0.717, 1.165) is 6.04 Å². The number of rotatable bonds is 1. The van der Waals surface area contributed by atoms with Gasteiger partial charge in [0.05, 0.1) is 0 Å². The van der Waals surface area contributed by atoms with E-state index in [1.165, 1.54) is 63.6 Å². The molecule has 1 heteroatoms. The van der Waals surface area contributed by atoms with Crippen LogP contribution in [0.2, 0.25) is 0 Å². The first-order chi connectivity index (χ1) is 6.88. The van der Waals surface area contributed by atoms with Crippen molar-refractivity contribution in [2.45, 2.75) is 64.3 Å². The lowest BCUT2D eigenvalue weighted by molar-refractivity contribution is 0.228. The van der Waals surface area contributed by atoms with Gasteiger partial charge in [0, 0.05) is 18.3 Å². The molecule has 2 aliphatic rings. The molecule has 1 aliphatic heterocycles. The molecule has 0 spiro atoms. The summed E-state index contributed by atoms with van der Waals surface area (Å²) >= 11 is 0. The van der Waals surface area contributed by atoms with Crippen molar-refractivity contribution < 1.29 is 0 Å². The summed E-state index contributed by atoms with van der Waals surface area (Å²) in [6.45, 7) is 3.57. The molecule has 80 valence electrons. The van der Waals surface area contributed by atoms with Gasteiger partial charge >= 0.3 is 0 Å². The van der Waals surface area contributed by atoms with Crippen LogP contribution in [0.1, 0.15) is 58.3 Å². The second-order valence-corrected chi connectivity index (χ2v) is 4.83. The molecule has 0 N–H and O–H groups in total. The van der Waals surface area contributed by atoms with Crippen molar-refractivity contribution in [2.75, 3.05) is 6.54 Å². The predicted molar refractivity (Wildman–Crippen MR) is 61.2 cm³/mol. The standard InChI is InChI=1S/C13H23N/c1-12-8-7-11-14(12)13-9-5-3-2-4-6-10-13/h8,13H,2-7,9-11H2,1H3. The van der Waals surface area contributed by atoms with Crippen LogP contribution in [-0.2, 0) is 0 Å². The van der Waals surface area contributed by atoms with Gasteiger partial charge in [0.2, 0.25) is 0 Å². The van der Waals surface area contributed by atoms with Crippen molar-refractivity contribution in [1.82, 2.24) is 4.90 Å². The van der Waals surface area contributed by atoms with Gasteiger partial charge in [-0.15, -0.1) is 0 Å². The highest BCUT2D eigenvalue weighted by molar-refractivity contribution is 5.06. The molecule has 0 atom stereocenters. The molecule has 0 bridgehead atoms. The lowest BCUT2D eigenvalue weighted by Gasteiger charge is -2.32. The summed E-state index contributed by atoms with van der Waals surface area (Å²) in [4.78, 5) is 2.66. The predicted octanol–water partition coefficient (Wildman–Crippen LogP) is 3.71. The largest absolute Gasteiger partial charge is 0.372 e. The number of hydrogen-bond acceptors (Lipinski definition) is 1. The number of allylic oxidation sites excluding steroid dienone is 1. The van der Waals surface area contributed by atoms with E-state index in [1.807, 2.05) is 0 Å². The minimum Gasteiger partial charge on any atom is -0.372 e. The second-order valence-electron chi connectivity index (χ2n) is 4.83. The van der Waals surface area contributed by atoms with Gasteiger partial charge in [0.15, 0.2) is 0 Å². The highest BCUT2D eigenvalue weighted by atomic mass is 15.2. The minimum absolute atomic E-state index is 0.869. The van der Waals surface area contributed by atoms with Crippen LogP contribution in [0, 0.1) is 0 Å². The van der Waals surface area contributed by atoms with Crippen molar-refractivity contribution in [3.63, 3.8) is 0 Å². The Morgan fingerprint density at radius 2 is 1.71 bits per heavy atom. The zero-order valence-corrected chi connectivity index (χ0v) is 9.47. The Bertz CT molecular complexity index is 199. The Kier molecular flexibility index (Phi) is 3.49. The van der Waals surface area contributed by atoms with Crippen molar-refractivity contribution >= 4 is 0 Å². The summed E-state index contributed by atoms with van der Waals surface area (Å²) in [6.07, 6.45) is 13.9. The van der Waals surface area contributed by atoms with Gasteiger partial charge in [-0.1, -0.05) is 38.2 Å². The van der Waals surface area contributed by atoms with E-state index in [0.29, 0.717) is 0 Å². The third-order valence-electron chi connectivity index (χ3n) is 3.78. The van der Waals surface area contributed by atoms with Crippen LogP contribution < -0.4 is 0 Å². The summed E-state index contributed by atoms with van der Waals surface area (Å²) in [5.41, 5.74) is 1.54. The maximum absolute atomic E-state index is 2.66. The van der Waals surface area contributed by atoms with Gasteiger partial charge in [0.25, 0.3) is 0 Å². The number of nitrogens with zero attached hydrogens (tertiary/aromatic N) is 1. The van der Waals surface area contributed by atoms with E-state index < -0.39 is 0 Å². The van der Waals surface area contributed by atoms with Crippen molar-refractivity contribution in [3.8, 4) is 0 Å². The molecular formula is C13H23N. The molecule has 1 saturated carbocycles. The van der Waals surface area contributed by atoms with E-state index in [1.54, 1.807) is 0 Å². The molecule has 1 nitrogen and oxygen atoms in total. The fraction of sp³-hybridized carbons (Fsp3) is 0.846. The van der Waals surface area contributed by atoms with Crippen molar-refractivity contribution in [1.29, 1.82) is 0 Å². The van der Waals surface area contributed by atoms with E-state index in [4.69, 9.17) is 0 Å². The summed E-state index contributed by atoms with van der Waals surface area (Å²) in [6, 6.07) is 0.869. The normalized spacial score (nSPS) is 25.8. The summed E-state index contributed by atoms with van der Waals surface area (Å²) in [5, 5.41) is 0. The molecule has 0 unspecified atom stereocenters. The van der Waals surface area contributed by atoms with Crippen LogP contribution >= 0.6 is 0 Å². The molecule has 1 aliphatic carbocycles. The van der Waals surface area contributed by atoms with E-state index in [9.17, 15) is 0 Å². The van der Waals surface area contributed by atoms with Crippen LogP contribution in [0.25, 0.3) is 0 Å². The van der Waals surface area contributed by atoms with Gasteiger partial charge in [-0.3, -0.25) is 0 Å². The molecule has 0 amide bonds. The Hall–Kier alpha value is -0.460. The van der Waals surface area contributed by atoms with Gasteiger partial charge < -0.3 is 4.90 Å². The Labute approximate surface area is 88.2 Å². The lowest BCUT2D eigenvalue weighted by atomic mass is 9.95. The van der Waals surface area contributed by atoms with Crippen molar-refractivity contribution in [3.05, 3.63) is 11.8 Å². The number of hydrogen-bond donors (Lipinski definition) is 0. The summed E-state index contributed by atoms with van der Waals surface area (Å²) < 4.78 is 0. The molecule has 0 aromatic heterocycles. The fourth-order valence-corrected chi connectivity index (χ4v) is 2.92. The third kappa shape index (κ3) is 2.31. The Morgan fingerprint density at radius 3 is 2.29 bits per heavy atom. The van der Waals surface area contributed by atoms with Crippen LogP contribution in [0.5, 0.6) is 0 Å². The average molecular weight is 193 g/mol. The molecule has 0 aromatic carbocycles. The van der Waals surface area contributed by atoms with Crippen LogP contribution in [0.3, 0.4) is 0 Å². The summed E-state index contributed by atoms with van der Waals surface area (Å²) in [5.74, 6) is 0. The van der Waals surface area contributed by atoms with Crippen LogP contribution in [-0.4, -0.2) is 17.5 Å². The molecule has 0 aromatic rings. The zero-order valence-electron chi connectivity index (χ0n) is 9.47. The monoisotopic (exact) mass is 193 g/mol. The van der Waals surface area contributed by atoms with E-state index >= 15 is 0 Å². The molecule has 2 rings (SSSR count). The Morgan fingerprint density at radius 1 is 1.07 bits per heavy atom. The highest BCUT2D eigenvalue weighted by Gasteiger charge is 2.21. The second kappa shape index (κ2) is 4.86. The molecule has 1 heterocycles. The van der Waals surface area contributed by atoms with Crippen LogP contribution in [0.4, 0.5) is 0 Å². The van der Waals surface area contributed by atoms with E-state index in [2.05, 4.69) is 17.9 Å². The molecule has 0 radical (unpaired) electrons. The Balaban J connectivity index is 1.90. The fourth-order valence-electron chi connectivity index (χ4n) is 2.92. The van der Waals surface area contributed by atoms with Gasteiger partial charge in [-0.05, 0) is 26.2 Å². The zero-order chi connectivity index (χ0) is 9.80. The first-order valence-electron chi connectivity index (χ1n) is 6.31. The van der Waals surface area contributed by atoms with Crippen LogP contribution in [0.15, 0.2) is 11.8 Å². The molecule has 0 saturated heterocycles. The quantitative estimate of drug-likeness (QED) is 0.613. The average Bonchev–Trinajstić information content (AvgIpc) is 2.51. The maximum Gasteiger partial charge on any atom is 0.0286 e. The van der Waals surface area contributed by atoms with Gasteiger partial charge in [0.1, 0.15) is 0 Å². The topological polar surface area (TPSA) is 3.24 Å².